The standard InChI is InChI=1S/C21H22FN3O.HI/c1-14(17-9-8-16-5-3-4-6-18(16)12-17)25-21(23-2)24-13-15-7-10-20(26)19(22)11-15;/h3-12,14,26H,13H2,1-2H3,(H2,23,24,25);1H. The summed E-state index contributed by atoms with van der Waals surface area (Å²) in [7, 11) is 1.69. The number of aliphatic imine (C=N–C) groups is 1. The van der Waals surface area contributed by atoms with E-state index < -0.39 is 5.82 Å². The predicted molar refractivity (Wildman–Crippen MR) is 119 cm³/mol. The summed E-state index contributed by atoms with van der Waals surface area (Å²) in [5.41, 5.74) is 1.88. The van der Waals surface area contributed by atoms with Gasteiger partial charge in [-0.25, -0.2) is 4.39 Å². The van der Waals surface area contributed by atoms with Crippen molar-refractivity contribution in [3.8, 4) is 5.75 Å². The number of aromatic hydroxyl groups is 1. The lowest BCUT2D eigenvalue weighted by Gasteiger charge is -2.19. The van der Waals surface area contributed by atoms with E-state index in [2.05, 4.69) is 52.9 Å². The van der Waals surface area contributed by atoms with Gasteiger partial charge in [-0.2, -0.15) is 0 Å². The molecule has 1 atom stereocenters. The molecule has 1 unspecified atom stereocenters. The Hall–Kier alpha value is -2.35. The number of hydrogen-bond donors (Lipinski definition) is 3. The minimum absolute atomic E-state index is 0. The van der Waals surface area contributed by atoms with Crippen molar-refractivity contribution in [1.82, 2.24) is 10.6 Å². The maximum absolute atomic E-state index is 13.4. The van der Waals surface area contributed by atoms with Gasteiger partial charge in [0.15, 0.2) is 17.5 Å². The monoisotopic (exact) mass is 479 g/mol. The van der Waals surface area contributed by atoms with Crippen molar-refractivity contribution in [2.45, 2.75) is 19.5 Å². The summed E-state index contributed by atoms with van der Waals surface area (Å²) >= 11 is 0. The Bertz CT molecular complexity index is 946. The Morgan fingerprint density at radius 3 is 2.52 bits per heavy atom. The number of phenols is 1. The van der Waals surface area contributed by atoms with Crippen molar-refractivity contribution in [2.75, 3.05) is 7.05 Å². The van der Waals surface area contributed by atoms with Crippen LogP contribution in [-0.2, 0) is 6.54 Å². The molecule has 142 valence electrons. The molecule has 0 bridgehead atoms. The molecule has 6 heteroatoms. The predicted octanol–water partition coefficient (Wildman–Crippen LogP) is 4.73. The Morgan fingerprint density at radius 1 is 1.07 bits per heavy atom. The van der Waals surface area contributed by atoms with Crippen molar-refractivity contribution in [3.63, 3.8) is 0 Å². The third-order valence-electron chi connectivity index (χ3n) is 4.32. The van der Waals surface area contributed by atoms with Gasteiger partial charge in [0.1, 0.15) is 0 Å². The molecule has 0 aromatic heterocycles. The van der Waals surface area contributed by atoms with Crippen LogP contribution in [0.1, 0.15) is 24.1 Å². The first kappa shape index (κ1) is 21.0. The highest BCUT2D eigenvalue weighted by molar-refractivity contribution is 14.0. The highest BCUT2D eigenvalue weighted by Gasteiger charge is 2.09. The zero-order valence-corrected chi connectivity index (χ0v) is 17.6. The molecule has 3 N–H and O–H groups in total. The number of guanidine groups is 1. The lowest BCUT2D eigenvalue weighted by molar-refractivity contribution is 0.431. The summed E-state index contributed by atoms with van der Waals surface area (Å²) in [6, 6.07) is 19.0. The molecule has 0 saturated carbocycles. The van der Waals surface area contributed by atoms with Crippen molar-refractivity contribution >= 4 is 40.7 Å². The largest absolute Gasteiger partial charge is 0.505 e. The molecule has 0 aliphatic carbocycles. The van der Waals surface area contributed by atoms with Crippen LogP contribution in [0.5, 0.6) is 5.75 Å². The van der Waals surface area contributed by atoms with Crippen molar-refractivity contribution in [2.24, 2.45) is 4.99 Å². The number of benzene rings is 3. The van der Waals surface area contributed by atoms with Gasteiger partial charge in [0.05, 0.1) is 6.04 Å². The molecule has 3 rings (SSSR count). The van der Waals surface area contributed by atoms with Gasteiger partial charge in [-0.1, -0.05) is 42.5 Å². The molecule has 0 amide bonds. The molecular formula is C21H23FIN3O. The zero-order valence-electron chi connectivity index (χ0n) is 15.2. The lowest BCUT2D eigenvalue weighted by atomic mass is 10.0. The maximum atomic E-state index is 13.4. The number of nitrogens with one attached hydrogen (secondary N) is 2. The molecule has 0 saturated heterocycles. The van der Waals surface area contributed by atoms with Crippen LogP contribution in [0.4, 0.5) is 4.39 Å². The van der Waals surface area contributed by atoms with Crippen LogP contribution in [0.15, 0.2) is 65.7 Å². The average molecular weight is 479 g/mol. The maximum Gasteiger partial charge on any atom is 0.191 e. The van der Waals surface area contributed by atoms with Gasteiger partial charge in [0.2, 0.25) is 0 Å². The van der Waals surface area contributed by atoms with E-state index in [1.807, 2.05) is 12.1 Å². The molecule has 0 aliphatic rings. The van der Waals surface area contributed by atoms with E-state index in [0.717, 1.165) is 11.1 Å². The minimum Gasteiger partial charge on any atom is -0.505 e. The van der Waals surface area contributed by atoms with Crippen LogP contribution in [-0.4, -0.2) is 18.1 Å². The smallest absolute Gasteiger partial charge is 0.191 e. The number of halogens is 2. The first-order chi connectivity index (χ1) is 12.6. The number of fused-ring (bicyclic) bond motifs is 1. The van der Waals surface area contributed by atoms with Crippen LogP contribution >= 0.6 is 24.0 Å². The van der Waals surface area contributed by atoms with E-state index in [1.165, 1.54) is 22.9 Å². The Kier molecular flexibility index (Phi) is 7.41. The quantitative estimate of drug-likeness (QED) is 0.288. The summed E-state index contributed by atoms with van der Waals surface area (Å²) in [5, 5.41) is 18.2. The van der Waals surface area contributed by atoms with Gasteiger partial charge in [-0.15, -0.1) is 24.0 Å². The third kappa shape index (κ3) is 5.32. The summed E-state index contributed by atoms with van der Waals surface area (Å²) in [6.07, 6.45) is 0. The normalized spacial score (nSPS) is 12.3. The molecular weight excluding hydrogens is 456 g/mol. The fourth-order valence-electron chi connectivity index (χ4n) is 2.81. The van der Waals surface area contributed by atoms with Crippen molar-refractivity contribution < 1.29 is 9.50 Å². The van der Waals surface area contributed by atoms with E-state index in [0.29, 0.717) is 12.5 Å². The Balaban J connectivity index is 0.00000261. The van der Waals surface area contributed by atoms with Gasteiger partial charge in [-0.05, 0) is 47.0 Å². The molecule has 0 aliphatic heterocycles. The van der Waals surface area contributed by atoms with Crippen molar-refractivity contribution in [1.29, 1.82) is 0 Å². The van der Waals surface area contributed by atoms with Gasteiger partial charge in [0.25, 0.3) is 0 Å². The van der Waals surface area contributed by atoms with Gasteiger partial charge < -0.3 is 15.7 Å². The number of rotatable bonds is 4. The Labute approximate surface area is 175 Å². The number of hydrogen-bond acceptors (Lipinski definition) is 2. The number of phenolic OH excluding ortho intramolecular Hbond substituents is 1. The molecule has 0 heterocycles. The second kappa shape index (κ2) is 9.55. The first-order valence-corrected chi connectivity index (χ1v) is 8.50. The van der Waals surface area contributed by atoms with E-state index >= 15 is 0 Å². The topological polar surface area (TPSA) is 56.7 Å². The van der Waals surface area contributed by atoms with Gasteiger partial charge >= 0.3 is 0 Å². The molecule has 27 heavy (non-hydrogen) atoms. The molecule has 3 aromatic carbocycles. The molecule has 3 aromatic rings. The van der Waals surface area contributed by atoms with E-state index in [1.54, 1.807) is 13.1 Å². The summed E-state index contributed by atoms with van der Waals surface area (Å²) in [5.74, 6) is -0.350. The average Bonchev–Trinajstić information content (AvgIpc) is 2.67. The fraction of sp³-hybridized carbons (Fsp3) is 0.190. The van der Waals surface area contributed by atoms with Crippen LogP contribution in [0.25, 0.3) is 10.8 Å². The summed E-state index contributed by atoms with van der Waals surface area (Å²) in [4.78, 5) is 4.22. The van der Waals surface area contributed by atoms with E-state index in [-0.39, 0.29) is 35.8 Å². The van der Waals surface area contributed by atoms with E-state index in [9.17, 15) is 9.50 Å². The van der Waals surface area contributed by atoms with Crippen LogP contribution in [0.3, 0.4) is 0 Å². The Morgan fingerprint density at radius 2 is 1.81 bits per heavy atom. The molecule has 0 spiro atoms. The third-order valence-corrected chi connectivity index (χ3v) is 4.32. The van der Waals surface area contributed by atoms with Gasteiger partial charge in [0, 0.05) is 13.6 Å². The molecule has 0 fully saturated rings. The van der Waals surface area contributed by atoms with Crippen molar-refractivity contribution in [3.05, 3.63) is 77.6 Å². The fourth-order valence-corrected chi connectivity index (χ4v) is 2.81. The van der Waals surface area contributed by atoms with Crippen LogP contribution < -0.4 is 10.6 Å². The summed E-state index contributed by atoms with van der Waals surface area (Å²) in [6.45, 7) is 2.47. The van der Waals surface area contributed by atoms with Crippen LogP contribution in [0, 0.1) is 5.82 Å². The minimum atomic E-state index is -0.628. The molecule has 0 radical (unpaired) electrons. The lowest BCUT2D eigenvalue weighted by Crippen LogP contribution is -2.38. The van der Waals surface area contributed by atoms with Crippen LogP contribution in [0.2, 0.25) is 0 Å². The molecule has 4 nitrogen and oxygen atoms in total. The zero-order chi connectivity index (χ0) is 18.5. The second-order valence-electron chi connectivity index (χ2n) is 6.18. The van der Waals surface area contributed by atoms with Gasteiger partial charge in [-0.3, -0.25) is 4.99 Å². The highest BCUT2D eigenvalue weighted by atomic mass is 127. The number of nitrogens with zero attached hydrogens (tertiary/aromatic N) is 1. The van der Waals surface area contributed by atoms with E-state index in [4.69, 9.17) is 0 Å². The summed E-state index contributed by atoms with van der Waals surface area (Å²) < 4.78 is 13.4. The first-order valence-electron chi connectivity index (χ1n) is 8.50. The SMILES string of the molecule is CN=C(NCc1ccc(O)c(F)c1)NC(C)c1ccc2ccccc2c1.I. The highest BCUT2D eigenvalue weighted by Crippen LogP contribution is 2.20. The second-order valence-corrected chi connectivity index (χ2v) is 6.18.